The van der Waals surface area contributed by atoms with E-state index in [1.54, 1.807) is 18.2 Å². The van der Waals surface area contributed by atoms with E-state index in [2.05, 4.69) is 0 Å². The highest BCUT2D eigenvalue weighted by atomic mass is 35.5. The molecule has 1 heterocycles. The Balaban J connectivity index is 2.01. The quantitative estimate of drug-likeness (QED) is 0.823. The lowest BCUT2D eigenvalue weighted by atomic mass is 9.92. The second kappa shape index (κ2) is 7.91. The summed E-state index contributed by atoms with van der Waals surface area (Å²) in [6, 6.07) is 5.44. The number of thioether (sulfide) groups is 1. The minimum Gasteiger partial charge on any atom is -0.341 e. The predicted molar refractivity (Wildman–Crippen MR) is 94.7 cm³/mol. The van der Waals surface area contributed by atoms with Gasteiger partial charge in [0.25, 0.3) is 0 Å². The Morgan fingerprint density at radius 2 is 2.14 bits per heavy atom. The molecule has 0 spiro atoms. The third-order valence-corrected chi connectivity index (χ3v) is 5.88. The van der Waals surface area contributed by atoms with Crippen molar-refractivity contribution in [2.24, 2.45) is 11.7 Å². The molecule has 1 fully saturated rings. The molecule has 6 heteroatoms. The summed E-state index contributed by atoms with van der Waals surface area (Å²) in [6.45, 7) is 5.50. The van der Waals surface area contributed by atoms with Crippen molar-refractivity contribution in [2.75, 3.05) is 13.1 Å². The van der Waals surface area contributed by atoms with Crippen molar-refractivity contribution in [3.8, 4) is 0 Å². The van der Waals surface area contributed by atoms with Gasteiger partial charge in [-0.3, -0.25) is 4.79 Å². The molecule has 0 bridgehead atoms. The largest absolute Gasteiger partial charge is 0.341 e. The van der Waals surface area contributed by atoms with Crippen LogP contribution in [0.5, 0.6) is 0 Å². The Labute approximate surface area is 146 Å². The summed E-state index contributed by atoms with van der Waals surface area (Å²) in [5.74, 6) is 0.538. The molecule has 3 nitrogen and oxygen atoms in total. The van der Waals surface area contributed by atoms with Crippen molar-refractivity contribution in [3.63, 3.8) is 0 Å². The number of carbonyl (C=O) groups is 1. The molecule has 1 aliphatic rings. The summed E-state index contributed by atoms with van der Waals surface area (Å²) in [4.78, 5) is 15.4. The molecule has 2 N–H and O–H groups in total. The minimum atomic E-state index is -0.192. The van der Waals surface area contributed by atoms with Crippen LogP contribution in [-0.2, 0) is 4.79 Å². The van der Waals surface area contributed by atoms with Gasteiger partial charge in [-0.2, -0.15) is 0 Å². The van der Waals surface area contributed by atoms with E-state index in [9.17, 15) is 4.79 Å². The van der Waals surface area contributed by atoms with E-state index in [1.807, 2.05) is 18.7 Å². The van der Waals surface area contributed by atoms with Gasteiger partial charge in [0, 0.05) is 29.0 Å². The number of amides is 1. The van der Waals surface area contributed by atoms with E-state index in [1.165, 1.54) is 11.8 Å². The number of halogens is 2. The molecule has 2 rings (SSSR count). The maximum Gasteiger partial charge on any atom is 0.235 e. The van der Waals surface area contributed by atoms with E-state index in [4.69, 9.17) is 28.9 Å². The summed E-state index contributed by atoms with van der Waals surface area (Å²) >= 11 is 13.6. The standard InChI is InChI=1S/C16H22Cl2N2OS/c1-10(19)12-4-3-7-20(9-12)16(21)11(2)22-15-8-13(17)5-6-14(15)18/h5-6,8,10-12H,3-4,7,9,19H2,1-2H3. The molecule has 1 saturated heterocycles. The van der Waals surface area contributed by atoms with Crippen LogP contribution >= 0.6 is 35.0 Å². The van der Waals surface area contributed by atoms with E-state index in [-0.39, 0.29) is 17.2 Å². The highest BCUT2D eigenvalue weighted by Gasteiger charge is 2.29. The molecule has 22 heavy (non-hydrogen) atoms. The molecule has 1 amide bonds. The van der Waals surface area contributed by atoms with Crippen molar-refractivity contribution in [1.29, 1.82) is 0 Å². The van der Waals surface area contributed by atoms with E-state index in [0.717, 1.165) is 30.8 Å². The average Bonchev–Trinajstić information content (AvgIpc) is 2.50. The number of piperidine rings is 1. The van der Waals surface area contributed by atoms with E-state index < -0.39 is 0 Å². The van der Waals surface area contributed by atoms with Crippen molar-refractivity contribution < 1.29 is 4.79 Å². The molecule has 1 aliphatic heterocycles. The van der Waals surface area contributed by atoms with Crippen LogP contribution in [-0.4, -0.2) is 35.2 Å². The lowest BCUT2D eigenvalue weighted by Gasteiger charge is -2.35. The SMILES string of the molecule is CC(Sc1cc(Cl)ccc1Cl)C(=O)N1CCCC(C(C)N)C1. The monoisotopic (exact) mass is 360 g/mol. The fourth-order valence-corrected chi connectivity index (χ4v) is 4.20. The van der Waals surface area contributed by atoms with Gasteiger partial charge in [-0.15, -0.1) is 11.8 Å². The zero-order valence-corrected chi connectivity index (χ0v) is 15.2. The van der Waals surface area contributed by atoms with Gasteiger partial charge >= 0.3 is 0 Å². The molecule has 3 atom stereocenters. The molecule has 3 unspecified atom stereocenters. The number of rotatable bonds is 4. The van der Waals surface area contributed by atoms with Gasteiger partial charge in [0.2, 0.25) is 5.91 Å². The number of nitrogens with zero attached hydrogens (tertiary/aromatic N) is 1. The molecule has 1 aromatic rings. The summed E-state index contributed by atoms with van der Waals surface area (Å²) < 4.78 is 0. The van der Waals surface area contributed by atoms with Gasteiger partial charge in [0.15, 0.2) is 0 Å². The summed E-state index contributed by atoms with van der Waals surface area (Å²) in [6.07, 6.45) is 2.12. The van der Waals surface area contributed by atoms with Crippen molar-refractivity contribution in [1.82, 2.24) is 4.90 Å². The lowest BCUT2D eigenvalue weighted by molar-refractivity contribution is -0.132. The number of benzene rings is 1. The Morgan fingerprint density at radius 1 is 1.41 bits per heavy atom. The van der Waals surface area contributed by atoms with Gasteiger partial charge in [-0.05, 0) is 50.8 Å². The normalized spacial score (nSPS) is 21.5. The van der Waals surface area contributed by atoms with E-state index in [0.29, 0.717) is 16.0 Å². The van der Waals surface area contributed by atoms with Crippen LogP contribution in [0.3, 0.4) is 0 Å². The molecule has 0 aliphatic carbocycles. The van der Waals surface area contributed by atoms with Crippen molar-refractivity contribution in [3.05, 3.63) is 28.2 Å². The molecule has 0 aromatic heterocycles. The first-order valence-electron chi connectivity index (χ1n) is 7.54. The summed E-state index contributed by atoms with van der Waals surface area (Å²) in [5, 5.41) is 1.06. The topological polar surface area (TPSA) is 46.3 Å². The number of hydrogen-bond acceptors (Lipinski definition) is 3. The van der Waals surface area contributed by atoms with Gasteiger partial charge in [-0.1, -0.05) is 23.2 Å². The van der Waals surface area contributed by atoms with Crippen LogP contribution in [0.1, 0.15) is 26.7 Å². The Morgan fingerprint density at radius 3 is 2.82 bits per heavy atom. The number of nitrogens with two attached hydrogens (primary N) is 1. The number of hydrogen-bond donors (Lipinski definition) is 1. The Kier molecular flexibility index (Phi) is 6.45. The van der Waals surface area contributed by atoms with Gasteiger partial charge < -0.3 is 10.6 Å². The third-order valence-electron chi connectivity index (χ3n) is 4.06. The number of carbonyl (C=O) groups excluding carboxylic acids is 1. The first-order chi connectivity index (χ1) is 10.4. The van der Waals surface area contributed by atoms with Crippen LogP contribution in [0.2, 0.25) is 10.0 Å². The first kappa shape index (κ1) is 17.9. The van der Waals surface area contributed by atoms with Crippen molar-refractivity contribution >= 4 is 40.9 Å². The minimum absolute atomic E-state index is 0.126. The molecule has 0 radical (unpaired) electrons. The first-order valence-corrected chi connectivity index (χ1v) is 9.18. The average molecular weight is 361 g/mol. The number of likely N-dealkylation sites (tertiary alicyclic amines) is 1. The molecular weight excluding hydrogens is 339 g/mol. The van der Waals surface area contributed by atoms with Crippen molar-refractivity contribution in [2.45, 2.75) is 42.9 Å². The zero-order chi connectivity index (χ0) is 16.3. The van der Waals surface area contributed by atoms with Gasteiger partial charge in [0.1, 0.15) is 0 Å². The van der Waals surface area contributed by atoms with Gasteiger partial charge in [-0.25, -0.2) is 0 Å². The summed E-state index contributed by atoms with van der Waals surface area (Å²) in [5.41, 5.74) is 5.99. The summed E-state index contributed by atoms with van der Waals surface area (Å²) in [7, 11) is 0. The fourth-order valence-electron chi connectivity index (χ4n) is 2.70. The maximum atomic E-state index is 12.7. The second-order valence-corrected chi connectivity index (χ2v) is 8.11. The van der Waals surface area contributed by atoms with Crippen LogP contribution in [0, 0.1) is 5.92 Å². The predicted octanol–water partition coefficient (Wildman–Crippen LogP) is 4.06. The third kappa shape index (κ3) is 4.54. The highest BCUT2D eigenvalue weighted by molar-refractivity contribution is 8.00. The van der Waals surface area contributed by atoms with Crippen LogP contribution in [0.4, 0.5) is 0 Å². The maximum absolute atomic E-state index is 12.7. The van der Waals surface area contributed by atoms with Gasteiger partial charge in [0.05, 0.1) is 10.3 Å². The highest BCUT2D eigenvalue weighted by Crippen LogP contribution is 2.33. The second-order valence-electron chi connectivity index (χ2n) is 5.88. The Hall–Kier alpha value is -0.420. The zero-order valence-electron chi connectivity index (χ0n) is 12.9. The fraction of sp³-hybridized carbons (Fsp3) is 0.562. The van der Waals surface area contributed by atoms with E-state index >= 15 is 0 Å². The molecule has 122 valence electrons. The van der Waals surface area contributed by atoms with Crippen LogP contribution in [0.15, 0.2) is 23.1 Å². The smallest absolute Gasteiger partial charge is 0.235 e. The Bertz CT molecular complexity index is 539. The van der Waals surface area contributed by atoms with Crippen LogP contribution in [0.25, 0.3) is 0 Å². The lowest BCUT2D eigenvalue weighted by Crippen LogP contribution is -2.47. The van der Waals surface area contributed by atoms with Crippen LogP contribution < -0.4 is 5.73 Å². The molecule has 1 aromatic carbocycles. The molecular formula is C16H22Cl2N2OS. The molecule has 0 saturated carbocycles.